The lowest BCUT2D eigenvalue weighted by Crippen LogP contribution is -2.73. The third-order valence-electron chi connectivity index (χ3n) is 4.33. The molecule has 0 unspecified atom stereocenters. The Balaban J connectivity index is 1.52. The second-order valence-electron chi connectivity index (χ2n) is 5.94. The van der Waals surface area contributed by atoms with Gasteiger partial charge in [0.15, 0.2) is 0 Å². The minimum Gasteiger partial charge on any atom is -0.343 e. The van der Waals surface area contributed by atoms with Crippen LogP contribution in [0, 0.1) is 0 Å². The summed E-state index contributed by atoms with van der Waals surface area (Å²) in [5.74, 6) is -0.133. The number of pyridine rings is 1. The number of hydrogen-bond acceptors (Lipinski definition) is 3. The van der Waals surface area contributed by atoms with Gasteiger partial charge in [-0.1, -0.05) is 24.3 Å². The summed E-state index contributed by atoms with van der Waals surface area (Å²) in [6, 6.07) is 12.9. The van der Waals surface area contributed by atoms with E-state index in [1.807, 2.05) is 24.3 Å². The van der Waals surface area contributed by atoms with E-state index in [-0.39, 0.29) is 17.4 Å². The molecule has 1 N–H and O–H groups in total. The molecular formula is C17H15N3O2. The summed E-state index contributed by atoms with van der Waals surface area (Å²) < 4.78 is 0. The molecule has 1 fully saturated rings. The summed E-state index contributed by atoms with van der Waals surface area (Å²) in [5.41, 5.74) is 1.91. The van der Waals surface area contributed by atoms with E-state index in [4.69, 9.17) is 0 Å². The van der Waals surface area contributed by atoms with Gasteiger partial charge in [0.1, 0.15) is 5.69 Å². The quantitative estimate of drug-likeness (QED) is 0.861. The van der Waals surface area contributed by atoms with Gasteiger partial charge in [0.25, 0.3) is 11.8 Å². The van der Waals surface area contributed by atoms with Crippen LogP contribution in [0.4, 0.5) is 0 Å². The lowest BCUT2D eigenvalue weighted by Gasteiger charge is -2.52. The van der Waals surface area contributed by atoms with Crippen LogP contribution in [0.25, 0.3) is 0 Å². The Kier molecular flexibility index (Phi) is 2.76. The number of rotatable bonds is 1. The number of hydrogen-bond donors (Lipinski definition) is 1. The Labute approximate surface area is 128 Å². The Morgan fingerprint density at radius 1 is 1.14 bits per heavy atom. The number of nitrogens with zero attached hydrogens (tertiary/aromatic N) is 2. The largest absolute Gasteiger partial charge is 0.343 e. The van der Waals surface area contributed by atoms with Crippen molar-refractivity contribution in [3.63, 3.8) is 0 Å². The molecule has 5 heteroatoms. The van der Waals surface area contributed by atoms with Gasteiger partial charge in [-0.2, -0.15) is 0 Å². The van der Waals surface area contributed by atoms with Crippen molar-refractivity contribution in [3.8, 4) is 0 Å². The number of aromatic nitrogens is 1. The van der Waals surface area contributed by atoms with Gasteiger partial charge in [-0.3, -0.25) is 14.6 Å². The molecule has 110 valence electrons. The first-order chi connectivity index (χ1) is 10.7. The van der Waals surface area contributed by atoms with Crippen molar-refractivity contribution in [3.05, 3.63) is 65.5 Å². The summed E-state index contributed by atoms with van der Waals surface area (Å²) in [4.78, 5) is 30.4. The van der Waals surface area contributed by atoms with E-state index in [1.54, 1.807) is 29.3 Å². The molecule has 3 heterocycles. The predicted molar refractivity (Wildman–Crippen MR) is 80.5 cm³/mol. The minimum absolute atomic E-state index is 0.0493. The van der Waals surface area contributed by atoms with Crippen LogP contribution < -0.4 is 5.32 Å². The molecular weight excluding hydrogens is 278 g/mol. The summed E-state index contributed by atoms with van der Waals surface area (Å²) in [6.45, 7) is 1.06. The van der Waals surface area contributed by atoms with Crippen LogP contribution in [0.2, 0.25) is 0 Å². The van der Waals surface area contributed by atoms with Gasteiger partial charge in [0.2, 0.25) is 0 Å². The van der Waals surface area contributed by atoms with Crippen LogP contribution in [-0.4, -0.2) is 40.3 Å². The number of fused-ring (bicyclic) bond motifs is 1. The highest BCUT2D eigenvalue weighted by Gasteiger charge is 2.49. The molecule has 0 atom stereocenters. The third-order valence-corrected chi connectivity index (χ3v) is 4.33. The fraction of sp³-hybridized carbons (Fsp3) is 0.235. The first-order valence-electron chi connectivity index (χ1n) is 7.28. The van der Waals surface area contributed by atoms with E-state index in [9.17, 15) is 9.59 Å². The third kappa shape index (κ3) is 1.97. The van der Waals surface area contributed by atoms with Crippen molar-refractivity contribution in [1.29, 1.82) is 0 Å². The van der Waals surface area contributed by atoms with E-state index in [2.05, 4.69) is 10.3 Å². The van der Waals surface area contributed by atoms with Crippen LogP contribution in [0.5, 0.6) is 0 Å². The van der Waals surface area contributed by atoms with E-state index < -0.39 is 0 Å². The van der Waals surface area contributed by atoms with E-state index in [1.165, 1.54) is 0 Å². The molecule has 0 aliphatic carbocycles. The average Bonchev–Trinajstić information content (AvgIpc) is 2.52. The minimum atomic E-state index is -0.324. The van der Waals surface area contributed by atoms with Gasteiger partial charge in [-0.15, -0.1) is 0 Å². The van der Waals surface area contributed by atoms with Gasteiger partial charge < -0.3 is 10.2 Å². The van der Waals surface area contributed by atoms with Crippen LogP contribution in [0.3, 0.4) is 0 Å². The molecule has 1 saturated heterocycles. The van der Waals surface area contributed by atoms with E-state index in [0.29, 0.717) is 18.8 Å². The normalized spacial score (nSPS) is 18.4. The monoisotopic (exact) mass is 293 g/mol. The highest BCUT2D eigenvalue weighted by Crippen LogP contribution is 2.31. The number of likely N-dealkylation sites (tertiary alicyclic amines) is 1. The predicted octanol–water partition coefficient (Wildman–Crippen LogP) is 1.26. The standard InChI is InChI=1S/C17H15N3O2/c21-15-13-6-2-1-5-12(13)9-17(19-15)10-20(11-17)16(22)14-7-3-4-8-18-14/h1-8H,9-11H2,(H,19,21). The first kappa shape index (κ1) is 13.0. The Morgan fingerprint density at radius 2 is 1.91 bits per heavy atom. The second-order valence-corrected chi connectivity index (χ2v) is 5.94. The zero-order chi connectivity index (χ0) is 15.2. The fourth-order valence-corrected chi connectivity index (χ4v) is 3.28. The number of carbonyl (C=O) groups excluding carboxylic acids is 2. The number of benzene rings is 1. The second kappa shape index (κ2) is 4.66. The van der Waals surface area contributed by atoms with Gasteiger partial charge >= 0.3 is 0 Å². The maximum Gasteiger partial charge on any atom is 0.272 e. The highest BCUT2D eigenvalue weighted by molar-refractivity contribution is 5.98. The van der Waals surface area contributed by atoms with Gasteiger partial charge in [0, 0.05) is 24.8 Å². The van der Waals surface area contributed by atoms with Crippen molar-refractivity contribution in [2.75, 3.05) is 13.1 Å². The topological polar surface area (TPSA) is 62.3 Å². The molecule has 22 heavy (non-hydrogen) atoms. The lowest BCUT2D eigenvalue weighted by atomic mass is 9.78. The van der Waals surface area contributed by atoms with Crippen LogP contribution >= 0.6 is 0 Å². The Morgan fingerprint density at radius 3 is 2.68 bits per heavy atom. The molecule has 0 radical (unpaired) electrons. The van der Waals surface area contributed by atoms with Crippen molar-refractivity contribution < 1.29 is 9.59 Å². The number of amides is 2. The molecule has 0 saturated carbocycles. The van der Waals surface area contributed by atoms with Crippen LogP contribution in [0.1, 0.15) is 26.4 Å². The molecule has 1 spiro atoms. The number of nitrogens with one attached hydrogen (secondary N) is 1. The first-order valence-corrected chi connectivity index (χ1v) is 7.28. The SMILES string of the molecule is O=C1NC2(Cc3ccccc31)CN(C(=O)c1ccccn1)C2. The summed E-state index contributed by atoms with van der Waals surface area (Å²) in [7, 11) is 0. The highest BCUT2D eigenvalue weighted by atomic mass is 16.2. The molecule has 1 aromatic carbocycles. The molecule has 2 aliphatic rings. The molecule has 1 aromatic heterocycles. The Hall–Kier alpha value is -2.69. The van der Waals surface area contributed by atoms with Crippen LogP contribution in [0.15, 0.2) is 48.7 Å². The van der Waals surface area contributed by atoms with Crippen molar-refractivity contribution in [1.82, 2.24) is 15.2 Å². The zero-order valence-electron chi connectivity index (χ0n) is 12.0. The molecule has 0 bridgehead atoms. The van der Waals surface area contributed by atoms with Gasteiger partial charge in [-0.25, -0.2) is 0 Å². The summed E-state index contributed by atoms with van der Waals surface area (Å²) >= 11 is 0. The van der Waals surface area contributed by atoms with Crippen molar-refractivity contribution in [2.45, 2.75) is 12.0 Å². The number of carbonyl (C=O) groups is 2. The molecule has 4 rings (SSSR count). The van der Waals surface area contributed by atoms with Gasteiger partial charge in [0.05, 0.1) is 5.54 Å². The molecule has 2 aliphatic heterocycles. The molecule has 2 amide bonds. The Bertz CT molecular complexity index is 752. The van der Waals surface area contributed by atoms with Gasteiger partial charge in [-0.05, 0) is 30.2 Å². The van der Waals surface area contributed by atoms with E-state index >= 15 is 0 Å². The zero-order valence-corrected chi connectivity index (χ0v) is 12.0. The fourth-order valence-electron chi connectivity index (χ4n) is 3.28. The molecule has 5 nitrogen and oxygen atoms in total. The molecule has 2 aromatic rings. The summed E-state index contributed by atoms with van der Waals surface area (Å²) in [6.07, 6.45) is 2.38. The van der Waals surface area contributed by atoms with Crippen molar-refractivity contribution >= 4 is 11.8 Å². The summed E-state index contributed by atoms with van der Waals surface area (Å²) in [5, 5.41) is 3.07. The van der Waals surface area contributed by atoms with Crippen LogP contribution in [-0.2, 0) is 6.42 Å². The maximum absolute atomic E-state index is 12.3. The smallest absolute Gasteiger partial charge is 0.272 e. The van der Waals surface area contributed by atoms with Crippen molar-refractivity contribution in [2.24, 2.45) is 0 Å². The maximum atomic E-state index is 12.3. The average molecular weight is 293 g/mol. The lowest BCUT2D eigenvalue weighted by molar-refractivity contribution is 0.0249. The van der Waals surface area contributed by atoms with E-state index in [0.717, 1.165) is 17.5 Å².